The molecule has 1 rings (SSSR count). The number of nitrogens with two attached hydrogens (primary N) is 1. The number of hydrogen-bond donors (Lipinski definition) is 4. The molecule has 0 unspecified atom stereocenters. The van der Waals surface area contributed by atoms with Crippen LogP contribution in [-0.4, -0.2) is 37.7 Å². The van der Waals surface area contributed by atoms with Crippen LogP contribution in [0.1, 0.15) is 18.4 Å². The first-order valence-corrected chi connectivity index (χ1v) is 7.16. The number of carbonyl (C=O) groups excluding carboxylic acids is 2. The van der Waals surface area contributed by atoms with Crippen molar-refractivity contribution >= 4 is 18.0 Å². The minimum Gasteiger partial charge on any atom is -0.467 e. The zero-order chi connectivity index (χ0) is 17.1. The van der Waals surface area contributed by atoms with Crippen molar-refractivity contribution in [3.05, 3.63) is 35.9 Å². The van der Waals surface area contributed by atoms with Gasteiger partial charge in [0.15, 0.2) is 5.96 Å². The number of methoxy groups -OCH3 is 1. The van der Waals surface area contributed by atoms with E-state index in [9.17, 15) is 9.59 Å². The quantitative estimate of drug-likeness (QED) is 0.242. The summed E-state index contributed by atoms with van der Waals surface area (Å²) in [6.07, 6.45) is 0.176. The van der Waals surface area contributed by atoms with Gasteiger partial charge in [-0.05, 0) is 18.4 Å². The average Bonchev–Trinajstić information content (AvgIpc) is 2.55. The van der Waals surface area contributed by atoms with Crippen LogP contribution in [0.2, 0.25) is 0 Å². The maximum Gasteiger partial charge on any atom is 0.408 e. The minimum absolute atomic E-state index is 0.118. The van der Waals surface area contributed by atoms with E-state index < -0.39 is 18.1 Å². The highest BCUT2D eigenvalue weighted by atomic mass is 16.6. The summed E-state index contributed by atoms with van der Waals surface area (Å²) in [5.74, 6) is -0.695. The second-order valence-electron chi connectivity index (χ2n) is 4.76. The van der Waals surface area contributed by atoms with Crippen molar-refractivity contribution < 1.29 is 19.1 Å². The third kappa shape index (κ3) is 7.70. The molecular weight excluding hydrogens is 300 g/mol. The van der Waals surface area contributed by atoms with Crippen LogP contribution in [0.15, 0.2) is 30.3 Å². The lowest BCUT2D eigenvalue weighted by Crippen LogP contribution is -2.42. The van der Waals surface area contributed by atoms with Gasteiger partial charge in [-0.1, -0.05) is 30.3 Å². The third-order valence-corrected chi connectivity index (χ3v) is 2.98. The first kappa shape index (κ1) is 18.3. The van der Waals surface area contributed by atoms with Crippen LogP contribution >= 0.6 is 0 Å². The fourth-order valence-corrected chi connectivity index (χ4v) is 1.83. The number of alkyl carbamates (subject to hydrolysis) is 1. The molecule has 0 saturated carbocycles. The fourth-order valence-electron chi connectivity index (χ4n) is 1.83. The first-order valence-electron chi connectivity index (χ1n) is 7.16. The molecule has 8 nitrogen and oxygen atoms in total. The lowest BCUT2D eigenvalue weighted by Gasteiger charge is -2.16. The van der Waals surface area contributed by atoms with Crippen LogP contribution < -0.4 is 16.4 Å². The Kier molecular flexibility index (Phi) is 7.98. The van der Waals surface area contributed by atoms with Gasteiger partial charge in [-0.25, -0.2) is 9.59 Å². The molecule has 0 spiro atoms. The van der Waals surface area contributed by atoms with Gasteiger partial charge in [0, 0.05) is 6.54 Å². The summed E-state index contributed by atoms with van der Waals surface area (Å²) in [7, 11) is 1.25. The molecule has 1 aromatic rings. The Morgan fingerprint density at radius 1 is 1.30 bits per heavy atom. The number of guanidine groups is 1. The molecule has 0 aliphatic carbocycles. The monoisotopic (exact) mass is 322 g/mol. The Morgan fingerprint density at radius 3 is 2.61 bits per heavy atom. The molecule has 0 aliphatic rings. The molecule has 23 heavy (non-hydrogen) atoms. The summed E-state index contributed by atoms with van der Waals surface area (Å²) in [4.78, 5) is 23.4. The molecule has 5 N–H and O–H groups in total. The van der Waals surface area contributed by atoms with E-state index in [1.54, 1.807) is 0 Å². The lowest BCUT2D eigenvalue weighted by molar-refractivity contribution is -0.143. The standard InChI is InChI=1S/C15H22N4O4/c1-22-13(20)12(8-5-9-18-14(16)17)19-15(21)23-10-11-6-3-2-4-7-11/h2-4,6-7,12H,5,8-10H2,1H3,(H,19,21)(H4,16,17,18)/t12-/m0/s1. The average molecular weight is 322 g/mol. The van der Waals surface area contributed by atoms with Crippen LogP contribution in [0.5, 0.6) is 0 Å². The summed E-state index contributed by atoms with van der Waals surface area (Å²) < 4.78 is 9.73. The molecule has 1 atom stereocenters. The summed E-state index contributed by atoms with van der Waals surface area (Å²) in [6.45, 7) is 0.538. The van der Waals surface area contributed by atoms with Gasteiger partial charge in [0.2, 0.25) is 0 Å². The number of carbonyl (C=O) groups is 2. The van der Waals surface area contributed by atoms with Gasteiger partial charge < -0.3 is 25.8 Å². The molecule has 8 heteroatoms. The normalized spacial score (nSPS) is 11.2. The molecule has 0 heterocycles. The van der Waals surface area contributed by atoms with Crippen molar-refractivity contribution in [1.82, 2.24) is 10.6 Å². The van der Waals surface area contributed by atoms with Crippen molar-refractivity contribution in [2.45, 2.75) is 25.5 Å². The Labute approximate surface area is 134 Å². The van der Waals surface area contributed by atoms with Crippen LogP contribution in [0.3, 0.4) is 0 Å². The van der Waals surface area contributed by atoms with E-state index in [1.165, 1.54) is 7.11 Å². The highest BCUT2D eigenvalue weighted by molar-refractivity contribution is 5.81. The van der Waals surface area contributed by atoms with Gasteiger partial charge in [-0.3, -0.25) is 5.41 Å². The van der Waals surface area contributed by atoms with E-state index in [0.717, 1.165) is 5.56 Å². The van der Waals surface area contributed by atoms with Gasteiger partial charge in [0.1, 0.15) is 12.6 Å². The number of hydrogen-bond acceptors (Lipinski definition) is 5. The van der Waals surface area contributed by atoms with Crippen molar-refractivity contribution in [3.8, 4) is 0 Å². The smallest absolute Gasteiger partial charge is 0.408 e. The summed E-state index contributed by atoms with van der Waals surface area (Å²) in [5, 5.41) is 12.1. The van der Waals surface area contributed by atoms with Crippen molar-refractivity contribution in [2.75, 3.05) is 13.7 Å². The molecule has 0 aliphatic heterocycles. The number of rotatable bonds is 8. The molecule has 0 bridgehead atoms. The van der Waals surface area contributed by atoms with E-state index >= 15 is 0 Å². The van der Waals surface area contributed by atoms with Gasteiger partial charge in [-0.2, -0.15) is 0 Å². The van der Waals surface area contributed by atoms with E-state index in [2.05, 4.69) is 15.4 Å². The molecular formula is C15H22N4O4. The molecule has 0 aromatic heterocycles. The SMILES string of the molecule is COC(=O)[C@H](CCCNC(=N)N)NC(=O)OCc1ccccc1. The number of amides is 1. The Morgan fingerprint density at radius 2 is 2.00 bits per heavy atom. The number of benzene rings is 1. The van der Waals surface area contributed by atoms with Gasteiger partial charge in [0.25, 0.3) is 0 Å². The molecule has 0 saturated heterocycles. The Bertz CT molecular complexity index is 521. The minimum atomic E-state index is -0.808. The third-order valence-electron chi connectivity index (χ3n) is 2.98. The first-order chi connectivity index (χ1) is 11.0. The van der Waals surface area contributed by atoms with Crippen LogP contribution in [-0.2, 0) is 20.9 Å². The predicted molar refractivity (Wildman–Crippen MR) is 84.7 cm³/mol. The largest absolute Gasteiger partial charge is 0.467 e. The second kappa shape index (κ2) is 10.0. The van der Waals surface area contributed by atoms with Crippen molar-refractivity contribution in [1.29, 1.82) is 5.41 Å². The second-order valence-corrected chi connectivity index (χ2v) is 4.76. The maximum absolute atomic E-state index is 11.8. The number of ether oxygens (including phenoxy) is 2. The van der Waals surface area contributed by atoms with Crippen molar-refractivity contribution in [2.24, 2.45) is 5.73 Å². The highest BCUT2D eigenvalue weighted by Crippen LogP contribution is 2.03. The zero-order valence-corrected chi connectivity index (χ0v) is 13.0. The summed E-state index contributed by atoms with van der Waals surface area (Å²) >= 11 is 0. The van der Waals surface area contributed by atoms with Crippen LogP contribution in [0.4, 0.5) is 4.79 Å². The summed E-state index contributed by atoms with van der Waals surface area (Å²) in [6, 6.07) is 8.41. The number of esters is 1. The van der Waals surface area contributed by atoms with Gasteiger partial charge in [-0.15, -0.1) is 0 Å². The molecule has 1 aromatic carbocycles. The van der Waals surface area contributed by atoms with Gasteiger partial charge in [0.05, 0.1) is 7.11 Å². The van der Waals surface area contributed by atoms with E-state index in [0.29, 0.717) is 19.4 Å². The number of nitrogens with one attached hydrogen (secondary N) is 3. The molecule has 0 radical (unpaired) electrons. The van der Waals surface area contributed by atoms with Gasteiger partial charge >= 0.3 is 12.1 Å². The molecule has 0 fully saturated rings. The Hall–Kier alpha value is -2.77. The predicted octanol–water partition coefficient (Wildman–Crippen LogP) is 0.718. The van der Waals surface area contributed by atoms with Crippen LogP contribution in [0, 0.1) is 5.41 Å². The van der Waals surface area contributed by atoms with Crippen molar-refractivity contribution in [3.63, 3.8) is 0 Å². The van der Waals surface area contributed by atoms with E-state index in [1.807, 2.05) is 30.3 Å². The Balaban J connectivity index is 2.40. The lowest BCUT2D eigenvalue weighted by atomic mass is 10.1. The van der Waals surface area contributed by atoms with Crippen LogP contribution in [0.25, 0.3) is 0 Å². The van der Waals surface area contributed by atoms with E-state index in [4.69, 9.17) is 15.9 Å². The highest BCUT2D eigenvalue weighted by Gasteiger charge is 2.21. The fraction of sp³-hybridized carbons (Fsp3) is 0.400. The molecule has 126 valence electrons. The summed E-state index contributed by atoms with van der Waals surface area (Å²) in [5.41, 5.74) is 6.01. The maximum atomic E-state index is 11.8. The zero-order valence-electron chi connectivity index (χ0n) is 13.0. The molecule has 1 amide bonds. The topological polar surface area (TPSA) is 127 Å². The van der Waals surface area contributed by atoms with E-state index in [-0.39, 0.29) is 12.6 Å².